The first-order valence-electron chi connectivity index (χ1n) is 6.00. The molecule has 0 bridgehead atoms. The van der Waals surface area contributed by atoms with Crippen molar-refractivity contribution in [3.63, 3.8) is 0 Å². The van der Waals surface area contributed by atoms with Gasteiger partial charge in [0, 0.05) is 13.0 Å². The molecule has 5 heteroatoms. The van der Waals surface area contributed by atoms with Gasteiger partial charge in [-0.3, -0.25) is 0 Å². The zero-order chi connectivity index (χ0) is 13.0. The number of hydrogen-bond acceptors (Lipinski definition) is 4. The largest absolute Gasteiger partial charge is 0.421 e. The van der Waals surface area contributed by atoms with Crippen LogP contribution in [-0.4, -0.2) is 23.3 Å². The Balaban J connectivity index is 2.13. The minimum Gasteiger partial charge on any atom is -0.421 e. The Bertz CT molecular complexity index is 525. The summed E-state index contributed by atoms with van der Waals surface area (Å²) in [6, 6.07) is 4.94. The van der Waals surface area contributed by atoms with E-state index in [4.69, 9.17) is 4.42 Å². The van der Waals surface area contributed by atoms with Crippen LogP contribution < -0.4 is 5.32 Å². The summed E-state index contributed by atoms with van der Waals surface area (Å²) in [6.45, 7) is 5.53. The number of hydrogen-bond donors (Lipinski definition) is 1. The maximum Gasteiger partial charge on any atom is 0.250 e. The van der Waals surface area contributed by atoms with Gasteiger partial charge < -0.3 is 9.73 Å². The fourth-order valence-corrected chi connectivity index (χ4v) is 1.63. The second-order valence-electron chi connectivity index (χ2n) is 4.09. The third kappa shape index (κ3) is 2.92. The number of nitrogens with one attached hydrogen (secondary N) is 1. The minimum atomic E-state index is -0.336. The Hall–Kier alpha value is -1.75. The van der Waals surface area contributed by atoms with Crippen molar-refractivity contribution in [3.8, 4) is 11.5 Å². The monoisotopic (exact) mass is 249 g/mol. The Morgan fingerprint density at radius 2 is 2.17 bits per heavy atom. The number of likely N-dealkylation sites (N-methyl/N-ethyl adjacent to an activating group) is 1. The Kier molecular flexibility index (Phi) is 4.04. The summed E-state index contributed by atoms with van der Waals surface area (Å²) >= 11 is 0. The molecule has 1 aromatic carbocycles. The topological polar surface area (TPSA) is 51.0 Å². The smallest absolute Gasteiger partial charge is 0.250 e. The highest BCUT2D eigenvalue weighted by Gasteiger charge is 2.12. The van der Waals surface area contributed by atoms with Crippen LogP contribution in [0.25, 0.3) is 11.5 Å². The van der Waals surface area contributed by atoms with Crippen LogP contribution in [0.5, 0.6) is 0 Å². The molecule has 4 nitrogen and oxygen atoms in total. The maximum atomic E-state index is 13.7. The van der Waals surface area contributed by atoms with Gasteiger partial charge in [-0.15, -0.1) is 10.2 Å². The van der Waals surface area contributed by atoms with Crippen LogP contribution in [0.1, 0.15) is 18.4 Å². The molecule has 1 aromatic heterocycles. The molecular weight excluding hydrogens is 233 g/mol. The van der Waals surface area contributed by atoms with Crippen LogP contribution in [0, 0.1) is 12.7 Å². The van der Waals surface area contributed by atoms with Crippen molar-refractivity contribution in [2.75, 3.05) is 13.1 Å². The summed E-state index contributed by atoms with van der Waals surface area (Å²) in [4.78, 5) is 0. The van der Waals surface area contributed by atoms with Crippen LogP contribution in [0.4, 0.5) is 4.39 Å². The van der Waals surface area contributed by atoms with Crippen LogP contribution in [0.2, 0.25) is 0 Å². The van der Waals surface area contributed by atoms with Crippen LogP contribution in [0.3, 0.4) is 0 Å². The molecule has 0 fully saturated rings. The van der Waals surface area contributed by atoms with Crippen molar-refractivity contribution < 1.29 is 8.81 Å². The first-order chi connectivity index (χ1) is 8.70. The van der Waals surface area contributed by atoms with Gasteiger partial charge in [0.2, 0.25) is 5.89 Å². The molecule has 0 unspecified atom stereocenters. The first-order valence-corrected chi connectivity index (χ1v) is 6.00. The molecule has 0 aliphatic carbocycles. The number of nitrogens with zero attached hydrogens (tertiary/aromatic N) is 2. The fraction of sp³-hybridized carbons (Fsp3) is 0.385. The van der Waals surface area contributed by atoms with E-state index in [0.717, 1.165) is 18.7 Å². The molecule has 0 amide bonds. The third-order valence-electron chi connectivity index (χ3n) is 2.59. The van der Waals surface area contributed by atoms with E-state index in [0.29, 0.717) is 17.9 Å². The van der Waals surface area contributed by atoms with Crippen LogP contribution in [-0.2, 0) is 6.42 Å². The molecule has 0 saturated heterocycles. The summed E-state index contributed by atoms with van der Waals surface area (Å²) in [5.74, 6) is 0.418. The van der Waals surface area contributed by atoms with E-state index in [1.165, 1.54) is 6.07 Å². The van der Waals surface area contributed by atoms with E-state index in [-0.39, 0.29) is 11.7 Å². The highest BCUT2D eigenvalue weighted by atomic mass is 19.1. The summed E-state index contributed by atoms with van der Waals surface area (Å²) in [5, 5.41) is 10.9. The van der Waals surface area contributed by atoms with E-state index in [1.54, 1.807) is 6.07 Å². The van der Waals surface area contributed by atoms with Gasteiger partial charge >= 0.3 is 0 Å². The average molecular weight is 249 g/mol. The molecule has 0 spiro atoms. The molecule has 0 saturated carbocycles. The van der Waals surface area contributed by atoms with Gasteiger partial charge in [0.25, 0.3) is 5.89 Å². The van der Waals surface area contributed by atoms with Gasteiger partial charge in [0.1, 0.15) is 5.82 Å². The third-order valence-corrected chi connectivity index (χ3v) is 2.59. The van der Waals surface area contributed by atoms with Crippen molar-refractivity contribution in [1.82, 2.24) is 15.5 Å². The molecule has 18 heavy (non-hydrogen) atoms. The molecule has 2 aromatic rings. The summed E-state index contributed by atoms with van der Waals surface area (Å²) in [5.41, 5.74) is 1.21. The van der Waals surface area contributed by atoms with Gasteiger partial charge in [-0.1, -0.05) is 13.0 Å². The molecule has 0 atom stereocenters. The Morgan fingerprint density at radius 3 is 2.89 bits per heavy atom. The average Bonchev–Trinajstić information content (AvgIpc) is 2.78. The van der Waals surface area contributed by atoms with Crippen molar-refractivity contribution in [3.05, 3.63) is 35.5 Å². The highest BCUT2D eigenvalue weighted by Crippen LogP contribution is 2.22. The zero-order valence-corrected chi connectivity index (χ0v) is 10.5. The predicted octanol–water partition coefficient (Wildman–Crippen LogP) is 2.34. The molecule has 1 heterocycles. The SMILES string of the molecule is CCNCCc1nnc(-c2ccc(C)cc2F)o1. The first kappa shape index (κ1) is 12.7. The van der Waals surface area contributed by atoms with Crippen molar-refractivity contribution in [2.45, 2.75) is 20.3 Å². The van der Waals surface area contributed by atoms with Gasteiger partial charge in [0.15, 0.2) is 0 Å². The lowest BCUT2D eigenvalue weighted by Gasteiger charge is -1.99. The van der Waals surface area contributed by atoms with Crippen LogP contribution >= 0.6 is 0 Å². The molecule has 0 aliphatic heterocycles. The van der Waals surface area contributed by atoms with Crippen molar-refractivity contribution in [2.24, 2.45) is 0 Å². The van der Waals surface area contributed by atoms with Gasteiger partial charge in [-0.05, 0) is 31.2 Å². The lowest BCUT2D eigenvalue weighted by Crippen LogP contribution is -2.16. The van der Waals surface area contributed by atoms with E-state index in [1.807, 2.05) is 19.9 Å². The summed E-state index contributed by atoms with van der Waals surface area (Å²) < 4.78 is 19.1. The normalized spacial score (nSPS) is 10.8. The molecular formula is C13H16FN3O. The van der Waals surface area contributed by atoms with Crippen molar-refractivity contribution >= 4 is 0 Å². The molecule has 96 valence electrons. The van der Waals surface area contributed by atoms with Gasteiger partial charge in [-0.2, -0.15) is 0 Å². The number of aromatic nitrogens is 2. The van der Waals surface area contributed by atoms with Crippen molar-refractivity contribution in [1.29, 1.82) is 0 Å². The standard InChI is InChI=1S/C13H16FN3O/c1-3-15-7-6-12-16-17-13(18-12)10-5-4-9(2)8-11(10)14/h4-5,8,15H,3,6-7H2,1-2H3. The van der Waals surface area contributed by atoms with E-state index >= 15 is 0 Å². The summed E-state index contributed by atoms with van der Waals surface area (Å²) in [7, 11) is 0. The van der Waals surface area contributed by atoms with E-state index in [2.05, 4.69) is 15.5 Å². The number of aryl methyl sites for hydroxylation is 1. The molecule has 0 aliphatic rings. The summed E-state index contributed by atoms with van der Waals surface area (Å²) in [6.07, 6.45) is 0.647. The minimum absolute atomic E-state index is 0.235. The van der Waals surface area contributed by atoms with E-state index < -0.39 is 0 Å². The zero-order valence-electron chi connectivity index (χ0n) is 10.5. The van der Waals surface area contributed by atoms with E-state index in [9.17, 15) is 4.39 Å². The second-order valence-corrected chi connectivity index (χ2v) is 4.09. The Labute approximate surface area is 105 Å². The number of rotatable bonds is 5. The number of halogens is 1. The molecule has 2 rings (SSSR count). The van der Waals surface area contributed by atoms with Gasteiger partial charge in [-0.25, -0.2) is 4.39 Å². The molecule has 0 radical (unpaired) electrons. The lowest BCUT2D eigenvalue weighted by molar-refractivity contribution is 0.493. The second kappa shape index (κ2) is 5.73. The predicted molar refractivity (Wildman–Crippen MR) is 66.7 cm³/mol. The van der Waals surface area contributed by atoms with Gasteiger partial charge in [0.05, 0.1) is 5.56 Å². The van der Waals surface area contributed by atoms with Crippen LogP contribution in [0.15, 0.2) is 22.6 Å². The lowest BCUT2D eigenvalue weighted by atomic mass is 10.1. The Morgan fingerprint density at radius 1 is 1.33 bits per heavy atom. The maximum absolute atomic E-state index is 13.7. The highest BCUT2D eigenvalue weighted by molar-refractivity contribution is 5.54. The fourth-order valence-electron chi connectivity index (χ4n) is 1.63. The number of benzene rings is 1. The quantitative estimate of drug-likeness (QED) is 0.826. The molecule has 1 N–H and O–H groups in total.